The van der Waals surface area contributed by atoms with Crippen LogP contribution in [0.1, 0.15) is 49.0 Å². The highest BCUT2D eigenvalue weighted by atomic mass is 35.5. The van der Waals surface area contributed by atoms with Crippen molar-refractivity contribution in [1.29, 1.82) is 0 Å². The molecule has 1 N–H and O–H groups in total. The van der Waals surface area contributed by atoms with Gasteiger partial charge in [-0.1, -0.05) is 37.6 Å². The third kappa shape index (κ3) is 5.96. The number of hydrogen-bond acceptors (Lipinski definition) is 3. The van der Waals surface area contributed by atoms with Crippen LogP contribution in [-0.4, -0.2) is 10.9 Å². The van der Waals surface area contributed by atoms with E-state index in [2.05, 4.69) is 24.1 Å². The molecular formula is C18H23ClN2OS. The molecule has 23 heavy (non-hydrogen) atoms. The number of carbonyl (C=O) groups is 1. The Morgan fingerprint density at radius 1 is 1.26 bits per heavy atom. The molecule has 0 fully saturated rings. The number of aromatic nitrogens is 1. The number of carbonyl (C=O) groups excluding carboxylic acids is 1. The van der Waals surface area contributed by atoms with Gasteiger partial charge in [-0.3, -0.25) is 4.79 Å². The minimum atomic E-state index is 0.0130. The quantitative estimate of drug-likeness (QED) is 0.768. The van der Waals surface area contributed by atoms with Crippen LogP contribution in [0.2, 0.25) is 5.02 Å². The number of hydrogen-bond donors (Lipinski definition) is 1. The van der Waals surface area contributed by atoms with Crippen LogP contribution in [-0.2, 0) is 11.2 Å². The van der Waals surface area contributed by atoms with Crippen molar-refractivity contribution in [2.45, 2.75) is 46.1 Å². The molecule has 0 aliphatic carbocycles. The summed E-state index contributed by atoms with van der Waals surface area (Å²) in [6.45, 7) is 6.34. The maximum absolute atomic E-state index is 12.3. The van der Waals surface area contributed by atoms with E-state index in [1.807, 2.05) is 36.6 Å². The Bertz CT molecular complexity index is 637. The van der Waals surface area contributed by atoms with Crippen molar-refractivity contribution in [2.75, 3.05) is 0 Å². The molecule has 1 aromatic carbocycles. The molecule has 0 saturated carbocycles. The Kier molecular flexibility index (Phi) is 6.60. The molecule has 1 unspecified atom stereocenters. The average molecular weight is 351 g/mol. The van der Waals surface area contributed by atoms with Gasteiger partial charge in [0.05, 0.1) is 23.2 Å². The summed E-state index contributed by atoms with van der Waals surface area (Å²) in [5.41, 5.74) is 1.93. The van der Waals surface area contributed by atoms with Crippen LogP contribution in [0.4, 0.5) is 0 Å². The van der Waals surface area contributed by atoms with E-state index in [0.717, 1.165) is 29.1 Å². The van der Waals surface area contributed by atoms with Crippen LogP contribution in [0.3, 0.4) is 0 Å². The van der Waals surface area contributed by atoms with E-state index in [-0.39, 0.29) is 11.9 Å². The van der Waals surface area contributed by atoms with E-state index >= 15 is 0 Å². The number of thiazole rings is 1. The summed E-state index contributed by atoms with van der Waals surface area (Å²) < 4.78 is 0. The first kappa shape index (κ1) is 18.0. The van der Waals surface area contributed by atoms with E-state index in [0.29, 0.717) is 17.4 Å². The number of rotatable bonds is 7. The van der Waals surface area contributed by atoms with Gasteiger partial charge in [-0.05, 0) is 43.4 Å². The Morgan fingerprint density at radius 2 is 1.96 bits per heavy atom. The lowest BCUT2D eigenvalue weighted by atomic mass is 9.97. The molecule has 0 saturated heterocycles. The van der Waals surface area contributed by atoms with Crippen molar-refractivity contribution >= 4 is 28.8 Å². The van der Waals surface area contributed by atoms with E-state index in [4.69, 9.17) is 11.6 Å². The zero-order valence-corrected chi connectivity index (χ0v) is 15.4. The fourth-order valence-electron chi connectivity index (χ4n) is 2.42. The molecule has 2 aromatic rings. The SMILES string of the molecule is Cc1nc(CC(=O)NC(CCC(C)C)c2ccc(Cl)cc2)cs1. The van der Waals surface area contributed by atoms with Gasteiger partial charge >= 0.3 is 0 Å². The molecule has 0 aliphatic rings. The predicted octanol–water partition coefficient (Wildman–Crippen LogP) is 4.94. The molecule has 0 radical (unpaired) electrons. The molecule has 5 heteroatoms. The maximum atomic E-state index is 12.3. The van der Waals surface area contributed by atoms with Gasteiger partial charge in [-0.25, -0.2) is 4.98 Å². The van der Waals surface area contributed by atoms with E-state index in [1.165, 1.54) is 0 Å². The molecule has 1 amide bonds. The molecule has 0 aliphatic heterocycles. The Labute approximate surface area is 147 Å². The summed E-state index contributed by atoms with van der Waals surface area (Å²) >= 11 is 7.54. The Balaban J connectivity index is 2.03. The van der Waals surface area contributed by atoms with Crippen molar-refractivity contribution in [3.63, 3.8) is 0 Å². The summed E-state index contributed by atoms with van der Waals surface area (Å²) in [7, 11) is 0. The van der Waals surface area contributed by atoms with Crippen molar-refractivity contribution in [3.05, 3.63) is 50.9 Å². The van der Waals surface area contributed by atoms with Gasteiger partial charge in [0.1, 0.15) is 0 Å². The van der Waals surface area contributed by atoms with Gasteiger partial charge in [0.25, 0.3) is 0 Å². The van der Waals surface area contributed by atoms with Gasteiger partial charge < -0.3 is 5.32 Å². The van der Waals surface area contributed by atoms with Crippen molar-refractivity contribution in [2.24, 2.45) is 5.92 Å². The summed E-state index contributed by atoms with van der Waals surface area (Å²) in [6, 6.07) is 7.73. The van der Waals surface area contributed by atoms with Gasteiger partial charge in [0.2, 0.25) is 5.91 Å². The standard InChI is InChI=1S/C18H23ClN2OS/c1-12(2)4-9-17(14-5-7-15(19)8-6-14)21-18(22)10-16-11-23-13(3)20-16/h5-8,11-12,17H,4,9-10H2,1-3H3,(H,21,22). The summed E-state index contributed by atoms with van der Waals surface area (Å²) in [5.74, 6) is 0.613. The lowest BCUT2D eigenvalue weighted by molar-refractivity contribution is -0.121. The van der Waals surface area contributed by atoms with Gasteiger partial charge in [-0.2, -0.15) is 0 Å². The number of nitrogens with zero attached hydrogens (tertiary/aromatic N) is 1. The highest BCUT2D eigenvalue weighted by Gasteiger charge is 2.16. The number of benzene rings is 1. The van der Waals surface area contributed by atoms with Crippen LogP contribution < -0.4 is 5.32 Å². The van der Waals surface area contributed by atoms with Gasteiger partial charge in [-0.15, -0.1) is 11.3 Å². The minimum absolute atomic E-state index is 0.0130. The summed E-state index contributed by atoms with van der Waals surface area (Å²) in [4.78, 5) is 16.7. The molecule has 124 valence electrons. The van der Waals surface area contributed by atoms with E-state index in [1.54, 1.807) is 11.3 Å². The fourth-order valence-corrected chi connectivity index (χ4v) is 3.16. The zero-order chi connectivity index (χ0) is 16.8. The average Bonchev–Trinajstić information content (AvgIpc) is 2.89. The van der Waals surface area contributed by atoms with E-state index in [9.17, 15) is 4.79 Å². The molecular weight excluding hydrogens is 328 g/mol. The second kappa shape index (κ2) is 8.46. The lowest BCUT2D eigenvalue weighted by Gasteiger charge is -2.20. The molecule has 0 spiro atoms. The first-order valence-electron chi connectivity index (χ1n) is 7.90. The molecule has 1 aromatic heterocycles. The molecule has 1 atom stereocenters. The fraction of sp³-hybridized carbons (Fsp3) is 0.444. The van der Waals surface area contributed by atoms with Crippen LogP contribution in [0, 0.1) is 12.8 Å². The highest BCUT2D eigenvalue weighted by molar-refractivity contribution is 7.09. The summed E-state index contributed by atoms with van der Waals surface area (Å²) in [6.07, 6.45) is 2.31. The monoisotopic (exact) mass is 350 g/mol. The number of aryl methyl sites for hydroxylation is 1. The Hall–Kier alpha value is -1.39. The zero-order valence-electron chi connectivity index (χ0n) is 13.8. The number of amides is 1. The van der Waals surface area contributed by atoms with Crippen molar-refractivity contribution in [3.8, 4) is 0 Å². The van der Waals surface area contributed by atoms with E-state index < -0.39 is 0 Å². The second-order valence-electron chi connectivity index (χ2n) is 6.18. The van der Waals surface area contributed by atoms with Crippen LogP contribution >= 0.6 is 22.9 Å². The van der Waals surface area contributed by atoms with Crippen molar-refractivity contribution < 1.29 is 4.79 Å². The molecule has 3 nitrogen and oxygen atoms in total. The predicted molar refractivity (Wildman–Crippen MR) is 97.0 cm³/mol. The lowest BCUT2D eigenvalue weighted by Crippen LogP contribution is -2.30. The minimum Gasteiger partial charge on any atom is -0.349 e. The molecule has 0 bridgehead atoms. The normalized spacial score (nSPS) is 12.4. The largest absolute Gasteiger partial charge is 0.349 e. The first-order chi connectivity index (χ1) is 10.9. The van der Waals surface area contributed by atoms with Gasteiger partial charge in [0, 0.05) is 10.4 Å². The summed E-state index contributed by atoms with van der Waals surface area (Å²) in [5, 5.41) is 6.79. The van der Waals surface area contributed by atoms with Crippen LogP contribution in [0.25, 0.3) is 0 Å². The second-order valence-corrected chi connectivity index (χ2v) is 7.68. The Morgan fingerprint density at radius 3 is 2.52 bits per heavy atom. The topological polar surface area (TPSA) is 42.0 Å². The third-order valence-corrected chi connectivity index (χ3v) is 4.72. The van der Waals surface area contributed by atoms with Crippen LogP contribution in [0.5, 0.6) is 0 Å². The number of halogens is 1. The highest BCUT2D eigenvalue weighted by Crippen LogP contribution is 2.23. The third-order valence-electron chi connectivity index (χ3n) is 3.65. The van der Waals surface area contributed by atoms with Crippen LogP contribution in [0.15, 0.2) is 29.6 Å². The maximum Gasteiger partial charge on any atom is 0.226 e. The first-order valence-corrected chi connectivity index (χ1v) is 9.15. The molecule has 1 heterocycles. The molecule has 2 rings (SSSR count). The smallest absolute Gasteiger partial charge is 0.226 e. The number of nitrogens with one attached hydrogen (secondary N) is 1. The van der Waals surface area contributed by atoms with Crippen molar-refractivity contribution in [1.82, 2.24) is 10.3 Å². The van der Waals surface area contributed by atoms with Gasteiger partial charge in [0.15, 0.2) is 0 Å².